The first-order chi connectivity index (χ1) is 8.56. The van der Waals surface area contributed by atoms with E-state index in [2.05, 4.69) is 35.4 Å². The minimum Gasteiger partial charge on any atom is -0.383 e. The van der Waals surface area contributed by atoms with Crippen molar-refractivity contribution in [3.63, 3.8) is 0 Å². The summed E-state index contributed by atoms with van der Waals surface area (Å²) in [6.07, 6.45) is 4.52. The zero-order valence-electron chi connectivity index (χ0n) is 11.8. The highest BCUT2D eigenvalue weighted by Gasteiger charge is 2.10. The first-order valence-corrected chi connectivity index (χ1v) is 7.82. The van der Waals surface area contributed by atoms with E-state index < -0.39 is 0 Å². The third-order valence-corrected chi connectivity index (χ3v) is 3.48. The number of anilines is 2. The lowest BCUT2D eigenvalue weighted by Crippen LogP contribution is -2.11. The highest BCUT2D eigenvalue weighted by molar-refractivity contribution is 7.98. The minimum absolute atomic E-state index is 0.296. The lowest BCUT2D eigenvalue weighted by atomic mass is 10.2. The first kappa shape index (κ1) is 15.1. The highest BCUT2D eigenvalue weighted by atomic mass is 32.2. The molecule has 0 radical (unpaired) electrons. The Bertz CT molecular complexity index is 379. The number of nitrogen functional groups attached to an aromatic ring is 1. The number of nitrogens with two attached hydrogens (primary N) is 1. The summed E-state index contributed by atoms with van der Waals surface area (Å²) in [5.74, 6) is 3.79. The van der Waals surface area contributed by atoms with Gasteiger partial charge < -0.3 is 11.1 Å². The molecule has 0 spiro atoms. The van der Waals surface area contributed by atoms with Gasteiger partial charge in [0.25, 0.3) is 0 Å². The Morgan fingerprint density at radius 1 is 1.28 bits per heavy atom. The molecule has 3 N–H and O–H groups in total. The van der Waals surface area contributed by atoms with Gasteiger partial charge in [0.2, 0.25) is 0 Å². The Morgan fingerprint density at radius 2 is 2.00 bits per heavy atom. The van der Waals surface area contributed by atoms with Gasteiger partial charge in [-0.25, -0.2) is 9.97 Å². The number of aromatic nitrogens is 2. The molecule has 1 aromatic rings. The summed E-state index contributed by atoms with van der Waals surface area (Å²) in [6.45, 7) is 7.05. The lowest BCUT2D eigenvalue weighted by molar-refractivity contribution is 0.770. The molecule has 0 saturated carbocycles. The molecule has 0 unspecified atom stereocenters. The van der Waals surface area contributed by atoms with E-state index in [1.165, 1.54) is 12.2 Å². The molecule has 1 heterocycles. The molecule has 4 nitrogen and oxygen atoms in total. The van der Waals surface area contributed by atoms with Crippen LogP contribution in [0.3, 0.4) is 0 Å². The molecule has 0 aromatic carbocycles. The number of nitrogens with zero attached hydrogens (tertiary/aromatic N) is 2. The smallest absolute Gasteiger partial charge is 0.135 e. The fraction of sp³-hybridized carbons (Fsp3) is 0.692. The van der Waals surface area contributed by atoms with Gasteiger partial charge in [0, 0.05) is 18.0 Å². The summed E-state index contributed by atoms with van der Waals surface area (Å²) >= 11 is 1.89. The van der Waals surface area contributed by atoms with Crippen LogP contribution in [0, 0.1) is 6.92 Å². The van der Waals surface area contributed by atoms with Gasteiger partial charge in [-0.1, -0.05) is 13.8 Å². The standard InChI is InChI=1S/C13H24N4S/c1-9(2)12-16-11(14)10(3)13(17-12)15-7-5-6-8-18-4/h9H,5-8H2,1-4H3,(H3,14,15,16,17). The van der Waals surface area contributed by atoms with Crippen LogP contribution in [0.1, 0.15) is 44.0 Å². The fourth-order valence-electron chi connectivity index (χ4n) is 1.56. The molecule has 0 aliphatic carbocycles. The maximum atomic E-state index is 5.92. The van der Waals surface area contributed by atoms with Crippen molar-refractivity contribution in [2.75, 3.05) is 29.6 Å². The number of nitrogens with one attached hydrogen (secondary N) is 1. The van der Waals surface area contributed by atoms with Crippen molar-refractivity contribution in [3.05, 3.63) is 11.4 Å². The monoisotopic (exact) mass is 268 g/mol. The second-order valence-electron chi connectivity index (χ2n) is 4.72. The molecule has 0 fully saturated rings. The zero-order valence-corrected chi connectivity index (χ0v) is 12.6. The number of hydrogen-bond donors (Lipinski definition) is 2. The molecule has 5 heteroatoms. The number of unbranched alkanes of at least 4 members (excludes halogenated alkanes) is 1. The average Bonchev–Trinajstić information content (AvgIpc) is 2.33. The van der Waals surface area contributed by atoms with Crippen LogP contribution in [0.15, 0.2) is 0 Å². The van der Waals surface area contributed by atoms with Gasteiger partial charge in [-0.2, -0.15) is 11.8 Å². The van der Waals surface area contributed by atoms with Gasteiger partial charge in [0.1, 0.15) is 17.5 Å². The molecular weight excluding hydrogens is 244 g/mol. The number of hydrogen-bond acceptors (Lipinski definition) is 5. The Balaban J connectivity index is 2.63. The molecule has 0 atom stereocenters. The van der Waals surface area contributed by atoms with Crippen LogP contribution in [-0.4, -0.2) is 28.5 Å². The predicted octanol–water partition coefficient (Wildman–Crippen LogP) is 3.05. The largest absolute Gasteiger partial charge is 0.383 e. The van der Waals surface area contributed by atoms with Crippen molar-refractivity contribution in [2.45, 2.75) is 39.5 Å². The van der Waals surface area contributed by atoms with Crippen molar-refractivity contribution in [3.8, 4) is 0 Å². The Kier molecular flexibility index (Phi) is 6.25. The van der Waals surface area contributed by atoms with E-state index in [0.717, 1.165) is 30.2 Å². The van der Waals surface area contributed by atoms with Crippen molar-refractivity contribution >= 4 is 23.4 Å². The molecular formula is C13H24N4S. The summed E-state index contributed by atoms with van der Waals surface area (Å²) < 4.78 is 0. The van der Waals surface area contributed by atoms with E-state index in [1.54, 1.807) is 0 Å². The number of thioether (sulfide) groups is 1. The summed E-state index contributed by atoms with van der Waals surface area (Å²) in [5.41, 5.74) is 6.87. The van der Waals surface area contributed by atoms with Crippen LogP contribution in [0.25, 0.3) is 0 Å². The van der Waals surface area contributed by atoms with Gasteiger partial charge >= 0.3 is 0 Å². The maximum absolute atomic E-state index is 5.92. The fourth-order valence-corrected chi connectivity index (χ4v) is 2.05. The summed E-state index contributed by atoms with van der Waals surface area (Å²) in [6, 6.07) is 0. The van der Waals surface area contributed by atoms with Crippen LogP contribution < -0.4 is 11.1 Å². The average molecular weight is 268 g/mol. The molecule has 0 aliphatic rings. The van der Waals surface area contributed by atoms with E-state index in [0.29, 0.717) is 11.7 Å². The van der Waals surface area contributed by atoms with E-state index in [4.69, 9.17) is 5.73 Å². The lowest BCUT2D eigenvalue weighted by Gasteiger charge is -2.13. The highest BCUT2D eigenvalue weighted by Crippen LogP contribution is 2.20. The van der Waals surface area contributed by atoms with E-state index >= 15 is 0 Å². The molecule has 1 rings (SSSR count). The molecule has 0 saturated heterocycles. The van der Waals surface area contributed by atoms with E-state index in [-0.39, 0.29) is 0 Å². The van der Waals surface area contributed by atoms with Gasteiger partial charge in [-0.15, -0.1) is 0 Å². The topological polar surface area (TPSA) is 63.8 Å². The van der Waals surface area contributed by atoms with Crippen molar-refractivity contribution in [1.82, 2.24) is 9.97 Å². The SMILES string of the molecule is CSCCCCNc1nc(C(C)C)nc(N)c1C. The van der Waals surface area contributed by atoms with E-state index in [1.807, 2.05) is 18.7 Å². The van der Waals surface area contributed by atoms with Crippen LogP contribution in [0.4, 0.5) is 11.6 Å². The summed E-state index contributed by atoms with van der Waals surface area (Å²) in [7, 11) is 0. The Hall–Kier alpha value is -0.970. The third kappa shape index (κ3) is 4.37. The normalized spacial score (nSPS) is 10.9. The molecule has 1 aromatic heterocycles. The van der Waals surface area contributed by atoms with Gasteiger partial charge in [0.05, 0.1) is 0 Å². The minimum atomic E-state index is 0.296. The quantitative estimate of drug-likeness (QED) is 0.744. The van der Waals surface area contributed by atoms with Crippen molar-refractivity contribution in [2.24, 2.45) is 0 Å². The van der Waals surface area contributed by atoms with Gasteiger partial charge in [-0.05, 0) is 31.8 Å². The maximum Gasteiger partial charge on any atom is 0.135 e. The van der Waals surface area contributed by atoms with Crippen LogP contribution in [-0.2, 0) is 0 Å². The van der Waals surface area contributed by atoms with Crippen molar-refractivity contribution < 1.29 is 0 Å². The summed E-state index contributed by atoms with van der Waals surface area (Å²) in [4.78, 5) is 8.86. The second-order valence-corrected chi connectivity index (χ2v) is 5.71. The zero-order chi connectivity index (χ0) is 13.5. The molecule has 102 valence electrons. The first-order valence-electron chi connectivity index (χ1n) is 6.43. The Labute approximate surface area is 114 Å². The predicted molar refractivity (Wildman–Crippen MR) is 81.4 cm³/mol. The summed E-state index contributed by atoms with van der Waals surface area (Å²) in [5, 5.41) is 3.37. The third-order valence-electron chi connectivity index (χ3n) is 2.78. The van der Waals surface area contributed by atoms with E-state index in [9.17, 15) is 0 Å². The Morgan fingerprint density at radius 3 is 2.61 bits per heavy atom. The second kappa shape index (κ2) is 7.46. The van der Waals surface area contributed by atoms with Crippen LogP contribution in [0.2, 0.25) is 0 Å². The van der Waals surface area contributed by atoms with Gasteiger partial charge in [0.15, 0.2) is 0 Å². The van der Waals surface area contributed by atoms with Gasteiger partial charge in [-0.3, -0.25) is 0 Å². The molecule has 18 heavy (non-hydrogen) atoms. The van der Waals surface area contributed by atoms with Crippen LogP contribution >= 0.6 is 11.8 Å². The molecule has 0 bridgehead atoms. The van der Waals surface area contributed by atoms with Crippen LogP contribution in [0.5, 0.6) is 0 Å². The number of rotatable bonds is 7. The van der Waals surface area contributed by atoms with Crippen molar-refractivity contribution in [1.29, 1.82) is 0 Å². The molecule has 0 aliphatic heterocycles. The molecule has 0 amide bonds.